The molecule has 8 heteroatoms. The minimum absolute atomic E-state index is 0. The van der Waals surface area contributed by atoms with Crippen LogP contribution in [0.3, 0.4) is 0 Å². The predicted molar refractivity (Wildman–Crippen MR) is 104 cm³/mol. The predicted octanol–water partition coefficient (Wildman–Crippen LogP) is 2.02. The van der Waals surface area contributed by atoms with Gasteiger partial charge in [0.15, 0.2) is 0 Å². The number of nitrogens with zero attached hydrogens (tertiary/aromatic N) is 4. The van der Waals surface area contributed by atoms with E-state index in [2.05, 4.69) is 34.7 Å². The number of hydrogen-bond donors (Lipinski definition) is 2. The number of hydrogen-bond acceptors (Lipinski definition) is 4. The number of aromatic nitrogens is 4. The molecule has 1 amide bonds. The summed E-state index contributed by atoms with van der Waals surface area (Å²) in [6, 6.07) is 2.14. The molecule has 7 nitrogen and oxygen atoms in total. The Morgan fingerprint density at radius 2 is 2.15 bits per heavy atom. The Kier molecular flexibility index (Phi) is 7.23. The van der Waals surface area contributed by atoms with Crippen LogP contribution in [0.4, 0.5) is 0 Å². The van der Waals surface area contributed by atoms with E-state index in [1.807, 2.05) is 22.6 Å². The van der Waals surface area contributed by atoms with Gasteiger partial charge in [-0.1, -0.05) is 13.8 Å². The molecule has 1 fully saturated rings. The molecule has 0 aromatic carbocycles. The van der Waals surface area contributed by atoms with E-state index in [0.29, 0.717) is 18.3 Å². The lowest BCUT2D eigenvalue weighted by molar-refractivity contribution is 0.0944. The first-order valence-corrected chi connectivity index (χ1v) is 9.21. The second-order valence-electron chi connectivity index (χ2n) is 6.57. The number of piperidine rings is 1. The van der Waals surface area contributed by atoms with Gasteiger partial charge in [-0.2, -0.15) is 10.2 Å². The topological polar surface area (TPSA) is 76.8 Å². The first-order valence-electron chi connectivity index (χ1n) is 9.21. The fraction of sp³-hybridized carbons (Fsp3) is 0.611. The Bertz CT molecular complexity index is 732. The highest BCUT2D eigenvalue weighted by atomic mass is 35.5. The molecule has 2 aromatic heterocycles. The Hall–Kier alpha value is -1.86. The summed E-state index contributed by atoms with van der Waals surface area (Å²) < 4.78 is 3.84. The van der Waals surface area contributed by atoms with Crippen molar-refractivity contribution < 1.29 is 4.79 Å². The van der Waals surface area contributed by atoms with Crippen molar-refractivity contribution in [3.05, 3.63) is 34.9 Å². The Balaban J connectivity index is 0.00000243. The molecular weight excluding hydrogens is 352 g/mol. The number of aryl methyl sites for hydroxylation is 2. The van der Waals surface area contributed by atoms with Crippen molar-refractivity contribution in [3.63, 3.8) is 0 Å². The van der Waals surface area contributed by atoms with Gasteiger partial charge in [-0.25, -0.2) is 0 Å². The van der Waals surface area contributed by atoms with Gasteiger partial charge in [0.1, 0.15) is 5.69 Å². The molecular formula is C18H29ClN6O. The average Bonchev–Trinajstić information content (AvgIpc) is 3.24. The summed E-state index contributed by atoms with van der Waals surface area (Å²) in [5.74, 6) is -0.129. The molecule has 2 aromatic rings. The molecule has 26 heavy (non-hydrogen) atoms. The summed E-state index contributed by atoms with van der Waals surface area (Å²) in [6.07, 6.45) is 5.92. The second kappa shape index (κ2) is 9.19. The molecule has 1 atom stereocenters. The van der Waals surface area contributed by atoms with Gasteiger partial charge < -0.3 is 10.6 Å². The second-order valence-corrected chi connectivity index (χ2v) is 6.57. The van der Waals surface area contributed by atoms with Crippen molar-refractivity contribution in [3.8, 4) is 0 Å². The van der Waals surface area contributed by atoms with E-state index in [9.17, 15) is 4.79 Å². The minimum Gasteiger partial charge on any atom is -0.346 e. The maximum atomic E-state index is 12.5. The summed E-state index contributed by atoms with van der Waals surface area (Å²) >= 11 is 0. The lowest BCUT2D eigenvalue weighted by atomic mass is 10.1. The number of carbonyl (C=O) groups is 1. The van der Waals surface area contributed by atoms with Gasteiger partial charge in [0, 0.05) is 37.6 Å². The van der Waals surface area contributed by atoms with Gasteiger partial charge in [-0.05, 0) is 38.3 Å². The molecule has 0 aliphatic carbocycles. The summed E-state index contributed by atoms with van der Waals surface area (Å²) in [5, 5.41) is 15.4. The zero-order valence-corrected chi connectivity index (χ0v) is 16.6. The molecule has 0 spiro atoms. The van der Waals surface area contributed by atoms with E-state index in [0.717, 1.165) is 50.0 Å². The van der Waals surface area contributed by atoms with Crippen molar-refractivity contribution in [1.82, 2.24) is 30.2 Å². The highest BCUT2D eigenvalue weighted by Crippen LogP contribution is 2.17. The Morgan fingerprint density at radius 1 is 1.35 bits per heavy atom. The molecule has 2 N–H and O–H groups in total. The number of carbonyl (C=O) groups excluding carboxylic acids is 1. The van der Waals surface area contributed by atoms with E-state index in [1.54, 1.807) is 6.07 Å². The normalized spacial score (nSPS) is 17.0. The van der Waals surface area contributed by atoms with E-state index in [1.165, 1.54) is 5.69 Å². The molecule has 3 heterocycles. The molecule has 1 saturated heterocycles. The van der Waals surface area contributed by atoms with Gasteiger partial charge >= 0.3 is 0 Å². The number of amides is 1. The van der Waals surface area contributed by atoms with E-state index in [4.69, 9.17) is 0 Å². The van der Waals surface area contributed by atoms with Crippen molar-refractivity contribution in [1.29, 1.82) is 0 Å². The number of nitrogens with one attached hydrogen (secondary N) is 2. The summed E-state index contributed by atoms with van der Waals surface area (Å²) in [7, 11) is 1.96. The maximum absolute atomic E-state index is 12.5. The third-order valence-corrected chi connectivity index (χ3v) is 4.94. The first kappa shape index (κ1) is 20.5. The fourth-order valence-electron chi connectivity index (χ4n) is 3.57. The SMILES string of the molecule is CCc1nn(C)c(CC)c1CNC(=O)c1ccn(C2CCCNC2)n1.Cl. The van der Waals surface area contributed by atoms with E-state index in [-0.39, 0.29) is 18.3 Å². The lowest BCUT2D eigenvalue weighted by Gasteiger charge is -2.22. The van der Waals surface area contributed by atoms with Crippen LogP contribution in [0.2, 0.25) is 0 Å². The van der Waals surface area contributed by atoms with Gasteiger partial charge in [-0.3, -0.25) is 14.2 Å². The van der Waals surface area contributed by atoms with Crippen LogP contribution in [-0.2, 0) is 26.4 Å². The zero-order valence-electron chi connectivity index (χ0n) is 15.8. The average molecular weight is 381 g/mol. The van der Waals surface area contributed by atoms with Gasteiger partial charge in [0.05, 0.1) is 11.7 Å². The highest BCUT2D eigenvalue weighted by Gasteiger charge is 2.19. The van der Waals surface area contributed by atoms with Gasteiger partial charge in [0.2, 0.25) is 0 Å². The number of halogens is 1. The molecule has 1 unspecified atom stereocenters. The first-order chi connectivity index (χ1) is 12.1. The summed E-state index contributed by atoms with van der Waals surface area (Å²) in [5.41, 5.74) is 3.84. The van der Waals surface area contributed by atoms with E-state index < -0.39 is 0 Å². The molecule has 0 radical (unpaired) electrons. The van der Waals surface area contributed by atoms with Crippen LogP contribution in [0.1, 0.15) is 60.2 Å². The Labute approximate surface area is 160 Å². The van der Waals surface area contributed by atoms with Crippen LogP contribution in [0.25, 0.3) is 0 Å². The largest absolute Gasteiger partial charge is 0.346 e. The van der Waals surface area contributed by atoms with Crippen LogP contribution in [-0.4, -0.2) is 38.6 Å². The van der Waals surface area contributed by atoms with Crippen LogP contribution in [0, 0.1) is 0 Å². The minimum atomic E-state index is -0.129. The zero-order chi connectivity index (χ0) is 17.8. The van der Waals surface area contributed by atoms with Crippen molar-refractivity contribution in [2.45, 2.75) is 52.1 Å². The summed E-state index contributed by atoms with van der Waals surface area (Å²) in [6.45, 7) is 6.68. The van der Waals surface area contributed by atoms with Crippen LogP contribution >= 0.6 is 12.4 Å². The lowest BCUT2D eigenvalue weighted by Crippen LogP contribution is -2.32. The Morgan fingerprint density at radius 3 is 2.81 bits per heavy atom. The monoisotopic (exact) mass is 380 g/mol. The van der Waals surface area contributed by atoms with Crippen LogP contribution in [0.5, 0.6) is 0 Å². The molecule has 1 aliphatic rings. The quantitative estimate of drug-likeness (QED) is 0.803. The molecule has 3 rings (SSSR count). The third-order valence-electron chi connectivity index (χ3n) is 4.94. The molecule has 144 valence electrons. The highest BCUT2D eigenvalue weighted by molar-refractivity contribution is 5.92. The molecule has 0 bridgehead atoms. The van der Waals surface area contributed by atoms with Crippen molar-refractivity contribution in [2.24, 2.45) is 7.05 Å². The maximum Gasteiger partial charge on any atom is 0.272 e. The molecule has 0 saturated carbocycles. The van der Waals surface area contributed by atoms with Crippen LogP contribution < -0.4 is 10.6 Å². The van der Waals surface area contributed by atoms with Crippen molar-refractivity contribution >= 4 is 18.3 Å². The standard InChI is InChI=1S/C18H28N6O.ClH/c1-4-15-14(17(5-2)23(3)21-15)12-20-18(25)16-8-10-24(22-16)13-7-6-9-19-11-13;/h8,10,13,19H,4-7,9,11-12H2,1-3H3,(H,20,25);1H. The van der Waals surface area contributed by atoms with Crippen molar-refractivity contribution in [2.75, 3.05) is 13.1 Å². The fourth-order valence-corrected chi connectivity index (χ4v) is 3.57. The number of rotatable bonds is 6. The van der Waals surface area contributed by atoms with Gasteiger partial charge in [0.25, 0.3) is 5.91 Å². The molecule has 1 aliphatic heterocycles. The van der Waals surface area contributed by atoms with E-state index >= 15 is 0 Å². The van der Waals surface area contributed by atoms with Gasteiger partial charge in [-0.15, -0.1) is 12.4 Å². The summed E-state index contributed by atoms with van der Waals surface area (Å²) in [4.78, 5) is 12.5. The third kappa shape index (κ3) is 4.27. The van der Waals surface area contributed by atoms with Crippen LogP contribution in [0.15, 0.2) is 12.3 Å². The smallest absolute Gasteiger partial charge is 0.272 e.